The Bertz CT molecular complexity index is 358. The van der Waals surface area contributed by atoms with Gasteiger partial charge in [0.2, 0.25) is 0 Å². The van der Waals surface area contributed by atoms with Crippen LogP contribution in [0.1, 0.15) is 18.1 Å². The van der Waals surface area contributed by atoms with E-state index in [1.165, 1.54) is 0 Å². The maximum atomic E-state index is 10.5. The zero-order valence-corrected chi connectivity index (χ0v) is 8.64. The highest BCUT2D eigenvalue weighted by Gasteiger charge is 2.04. The van der Waals surface area contributed by atoms with Crippen molar-refractivity contribution in [3.63, 3.8) is 0 Å². The molecule has 3 nitrogen and oxygen atoms in total. The van der Waals surface area contributed by atoms with Crippen molar-refractivity contribution in [3.05, 3.63) is 35.4 Å². The first-order chi connectivity index (χ1) is 7.11. The molecule has 0 aromatic heterocycles. The predicted molar refractivity (Wildman–Crippen MR) is 56.7 cm³/mol. The van der Waals surface area contributed by atoms with Crippen LogP contribution in [0.2, 0.25) is 0 Å². The highest BCUT2D eigenvalue weighted by atomic mass is 16.4. The third kappa shape index (κ3) is 3.94. The zero-order chi connectivity index (χ0) is 11.3. The van der Waals surface area contributed by atoms with Gasteiger partial charge in [0.1, 0.15) is 6.29 Å². The Morgan fingerprint density at radius 2 is 2.13 bits per heavy atom. The Labute approximate surface area is 88.7 Å². The largest absolute Gasteiger partial charge is 0.481 e. The molecule has 1 rings (SSSR count). The molecule has 0 amide bonds. The summed E-state index contributed by atoms with van der Waals surface area (Å²) in [6, 6.07) is 7.35. The van der Waals surface area contributed by atoms with Crippen molar-refractivity contribution in [3.8, 4) is 0 Å². The fourth-order valence-corrected chi connectivity index (χ4v) is 1.46. The third-order valence-corrected chi connectivity index (χ3v) is 2.14. The summed E-state index contributed by atoms with van der Waals surface area (Å²) in [5, 5.41) is 8.63. The van der Waals surface area contributed by atoms with Gasteiger partial charge in [-0.1, -0.05) is 31.2 Å². The molecule has 0 saturated heterocycles. The van der Waals surface area contributed by atoms with Gasteiger partial charge in [-0.05, 0) is 17.5 Å². The van der Waals surface area contributed by atoms with Crippen LogP contribution in [-0.4, -0.2) is 17.4 Å². The number of rotatable bonds is 5. The van der Waals surface area contributed by atoms with Crippen molar-refractivity contribution in [1.29, 1.82) is 0 Å². The second kappa shape index (κ2) is 5.29. The topological polar surface area (TPSA) is 54.4 Å². The molecule has 0 aliphatic carbocycles. The Morgan fingerprint density at radius 1 is 1.47 bits per heavy atom. The van der Waals surface area contributed by atoms with Crippen LogP contribution in [0.4, 0.5) is 0 Å². The molecule has 0 heterocycles. The minimum atomic E-state index is -0.837. The van der Waals surface area contributed by atoms with Crippen LogP contribution in [0, 0.1) is 5.92 Å². The lowest BCUT2D eigenvalue weighted by molar-refractivity contribution is -0.136. The van der Waals surface area contributed by atoms with Gasteiger partial charge in [0, 0.05) is 5.92 Å². The molecule has 15 heavy (non-hydrogen) atoms. The smallest absolute Gasteiger partial charge is 0.307 e. The average molecular weight is 206 g/mol. The molecule has 80 valence electrons. The first kappa shape index (κ1) is 11.4. The summed E-state index contributed by atoms with van der Waals surface area (Å²) in [4.78, 5) is 21.0. The summed E-state index contributed by atoms with van der Waals surface area (Å²) in [6.07, 6.45) is 1.60. The van der Waals surface area contributed by atoms with E-state index in [4.69, 9.17) is 5.11 Å². The van der Waals surface area contributed by atoms with E-state index in [1.807, 2.05) is 25.1 Å². The number of carboxylic acid groups (broad SMARTS) is 1. The van der Waals surface area contributed by atoms with Crippen LogP contribution in [0.3, 0.4) is 0 Å². The average Bonchev–Trinajstić information content (AvgIpc) is 2.17. The van der Waals surface area contributed by atoms with E-state index >= 15 is 0 Å². The van der Waals surface area contributed by atoms with E-state index in [1.54, 1.807) is 6.07 Å². The first-order valence-corrected chi connectivity index (χ1v) is 4.86. The minimum absolute atomic E-state index is 0.0231. The fraction of sp³-hybridized carbons (Fsp3) is 0.333. The van der Waals surface area contributed by atoms with Crippen LogP contribution in [0.15, 0.2) is 24.3 Å². The van der Waals surface area contributed by atoms with Gasteiger partial charge in [0.25, 0.3) is 0 Å². The Morgan fingerprint density at radius 3 is 2.73 bits per heavy atom. The maximum absolute atomic E-state index is 10.5. The summed E-state index contributed by atoms with van der Waals surface area (Å²) >= 11 is 0. The second-order valence-electron chi connectivity index (χ2n) is 3.71. The normalized spacial score (nSPS) is 12.1. The monoisotopic (exact) mass is 206 g/mol. The molecule has 0 fully saturated rings. The van der Waals surface area contributed by atoms with Crippen LogP contribution >= 0.6 is 0 Å². The Hall–Kier alpha value is -1.64. The number of aliphatic carboxylic acids is 1. The van der Waals surface area contributed by atoms with Gasteiger partial charge >= 0.3 is 5.97 Å². The van der Waals surface area contributed by atoms with E-state index in [-0.39, 0.29) is 12.3 Å². The van der Waals surface area contributed by atoms with Gasteiger partial charge < -0.3 is 9.90 Å². The highest BCUT2D eigenvalue weighted by Crippen LogP contribution is 2.10. The van der Waals surface area contributed by atoms with Crippen LogP contribution in [-0.2, 0) is 22.4 Å². The second-order valence-corrected chi connectivity index (χ2v) is 3.71. The molecular formula is C12H14O3. The molecule has 0 spiro atoms. The molecule has 0 bridgehead atoms. The molecule has 1 aromatic carbocycles. The number of aldehydes is 1. The van der Waals surface area contributed by atoms with Crippen molar-refractivity contribution in [1.82, 2.24) is 0 Å². The SMILES string of the molecule is CC(C=O)Cc1cccc(CC(=O)O)c1. The van der Waals surface area contributed by atoms with Gasteiger partial charge in [-0.3, -0.25) is 4.79 Å². The highest BCUT2D eigenvalue weighted by molar-refractivity contribution is 5.70. The minimum Gasteiger partial charge on any atom is -0.481 e. The molecule has 0 radical (unpaired) electrons. The van der Waals surface area contributed by atoms with Crippen molar-refractivity contribution in [2.45, 2.75) is 19.8 Å². The van der Waals surface area contributed by atoms with E-state index in [0.717, 1.165) is 17.4 Å². The first-order valence-electron chi connectivity index (χ1n) is 4.86. The van der Waals surface area contributed by atoms with Gasteiger partial charge in [-0.25, -0.2) is 0 Å². The summed E-state index contributed by atoms with van der Waals surface area (Å²) in [7, 11) is 0. The fourth-order valence-electron chi connectivity index (χ4n) is 1.46. The lowest BCUT2D eigenvalue weighted by Gasteiger charge is -2.05. The third-order valence-electron chi connectivity index (χ3n) is 2.14. The van der Waals surface area contributed by atoms with Gasteiger partial charge in [0.05, 0.1) is 6.42 Å². The summed E-state index contributed by atoms with van der Waals surface area (Å²) < 4.78 is 0. The summed E-state index contributed by atoms with van der Waals surface area (Å²) in [5.41, 5.74) is 1.78. The van der Waals surface area contributed by atoms with Crippen molar-refractivity contribution >= 4 is 12.3 Å². The molecule has 1 atom stereocenters. The molecule has 0 saturated carbocycles. The standard InChI is InChI=1S/C12H14O3/c1-9(8-13)5-10-3-2-4-11(6-10)7-12(14)15/h2-4,6,8-9H,5,7H2,1H3,(H,14,15). The van der Waals surface area contributed by atoms with E-state index in [0.29, 0.717) is 6.42 Å². The van der Waals surface area contributed by atoms with E-state index < -0.39 is 5.97 Å². The van der Waals surface area contributed by atoms with Gasteiger partial charge in [-0.15, -0.1) is 0 Å². The molecular weight excluding hydrogens is 192 g/mol. The van der Waals surface area contributed by atoms with Crippen molar-refractivity contribution in [2.24, 2.45) is 5.92 Å². The number of carbonyl (C=O) groups is 2. The molecule has 0 aliphatic heterocycles. The lowest BCUT2D eigenvalue weighted by atomic mass is 10.00. The predicted octanol–water partition coefficient (Wildman–Crippen LogP) is 1.69. The Balaban J connectivity index is 2.73. The number of hydrogen-bond acceptors (Lipinski definition) is 2. The lowest BCUT2D eigenvalue weighted by Crippen LogP contribution is -2.03. The van der Waals surface area contributed by atoms with Gasteiger partial charge in [0.15, 0.2) is 0 Å². The van der Waals surface area contributed by atoms with Crippen LogP contribution in [0.25, 0.3) is 0 Å². The zero-order valence-electron chi connectivity index (χ0n) is 8.64. The molecule has 1 aromatic rings. The quantitative estimate of drug-likeness (QED) is 0.746. The molecule has 1 N–H and O–H groups in total. The molecule has 1 unspecified atom stereocenters. The number of benzene rings is 1. The van der Waals surface area contributed by atoms with E-state index in [2.05, 4.69) is 0 Å². The van der Waals surface area contributed by atoms with Crippen molar-refractivity contribution < 1.29 is 14.7 Å². The number of carbonyl (C=O) groups excluding carboxylic acids is 1. The van der Waals surface area contributed by atoms with E-state index in [9.17, 15) is 9.59 Å². The number of hydrogen-bond donors (Lipinski definition) is 1. The van der Waals surface area contributed by atoms with Gasteiger partial charge in [-0.2, -0.15) is 0 Å². The number of carboxylic acids is 1. The van der Waals surface area contributed by atoms with Crippen molar-refractivity contribution in [2.75, 3.05) is 0 Å². The molecule has 0 aliphatic rings. The van der Waals surface area contributed by atoms with Crippen LogP contribution in [0.5, 0.6) is 0 Å². The molecule has 3 heteroatoms. The summed E-state index contributed by atoms with van der Waals surface area (Å²) in [6.45, 7) is 1.84. The Kier molecular flexibility index (Phi) is 4.03. The summed E-state index contributed by atoms with van der Waals surface area (Å²) in [5.74, 6) is -0.860. The maximum Gasteiger partial charge on any atom is 0.307 e. The van der Waals surface area contributed by atoms with Crippen LogP contribution < -0.4 is 0 Å².